The minimum absolute atomic E-state index is 0.386. The van der Waals surface area contributed by atoms with Crippen molar-refractivity contribution in [3.63, 3.8) is 0 Å². The fraction of sp³-hybridized carbons (Fsp3) is 0.250. The van der Waals surface area contributed by atoms with Crippen LogP contribution < -0.4 is 9.47 Å². The number of hydrogen-bond donors (Lipinski definition) is 0. The van der Waals surface area contributed by atoms with Crippen molar-refractivity contribution in [3.8, 4) is 11.5 Å². The lowest BCUT2D eigenvalue weighted by molar-refractivity contribution is 0.353. The predicted octanol–water partition coefficient (Wildman–Crippen LogP) is 5.37. The number of benzene rings is 2. The van der Waals surface area contributed by atoms with Gasteiger partial charge in [0, 0.05) is 27.0 Å². The smallest absolute Gasteiger partial charge is 0.127 e. The molecule has 1 unspecified atom stereocenters. The second kappa shape index (κ2) is 6.07. The molecule has 2 aromatic carbocycles. The van der Waals surface area contributed by atoms with E-state index < -0.39 is 0 Å². The van der Waals surface area contributed by atoms with Crippen molar-refractivity contribution in [3.05, 3.63) is 56.5 Å². The number of ether oxygens (including phenoxy) is 2. The molecule has 1 atom stereocenters. The van der Waals surface area contributed by atoms with E-state index in [0.29, 0.717) is 17.4 Å². The van der Waals surface area contributed by atoms with Crippen LogP contribution in [0.15, 0.2) is 34.8 Å². The SMILES string of the molecule is COc1ccc(Cl)cc1C(Cl)c1cc(Br)cc2c1OCC2. The molecule has 1 heterocycles. The van der Waals surface area contributed by atoms with E-state index in [2.05, 4.69) is 22.0 Å². The second-order valence-corrected chi connectivity index (χ2v) is 6.62. The maximum absolute atomic E-state index is 6.70. The lowest BCUT2D eigenvalue weighted by atomic mass is 10.00. The van der Waals surface area contributed by atoms with Crippen LogP contribution in [-0.2, 0) is 6.42 Å². The van der Waals surface area contributed by atoms with E-state index in [9.17, 15) is 0 Å². The summed E-state index contributed by atoms with van der Waals surface area (Å²) in [5, 5.41) is 0.243. The highest BCUT2D eigenvalue weighted by Gasteiger charge is 2.25. The molecule has 0 amide bonds. The summed E-state index contributed by atoms with van der Waals surface area (Å²) in [6.07, 6.45) is 0.901. The summed E-state index contributed by atoms with van der Waals surface area (Å²) in [7, 11) is 1.62. The minimum atomic E-state index is -0.386. The Bertz CT molecular complexity index is 688. The van der Waals surface area contributed by atoms with Crippen molar-refractivity contribution in [1.29, 1.82) is 0 Å². The van der Waals surface area contributed by atoms with Crippen LogP contribution in [0.25, 0.3) is 0 Å². The van der Waals surface area contributed by atoms with Gasteiger partial charge in [0.05, 0.1) is 19.1 Å². The van der Waals surface area contributed by atoms with Gasteiger partial charge in [-0.05, 0) is 35.9 Å². The van der Waals surface area contributed by atoms with E-state index in [1.165, 1.54) is 5.56 Å². The van der Waals surface area contributed by atoms with E-state index in [0.717, 1.165) is 27.8 Å². The average molecular weight is 388 g/mol. The molecular weight excluding hydrogens is 375 g/mol. The van der Waals surface area contributed by atoms with Crippen LogP contribution in [0.4, 0.5) is 0 Å². The number of methoxy groups -OCH3 is 1. The van der Waals surface area contributed by atoms with Gasteiger partial charge in [0.25, 0.3) is 0 Å². The summed E-state index contributed by atoms with van der Waals surface area (Å²) in [5.41, 5.74) is 2.94. The molecular formula is C16H13BrCl2O2. The van der Waals surface area contributed by atoms with Crippen LogP contribution in [-0.4, -0.2) is 13.7 Å². The topological polar surface area (TPSA) is 18.5 Å². The van der Waals surface area contributed by atoms with Gasteiger partial charge in [-0.3, -0.25) is 0 Å². The molecule has 0 N–H and O–H groups in total. The fourth-order valence-corrected chi connectivity index (χ4v) is 3.59. The zero-order chi connectivity index (χ0) is 15.0. The Morgan fingerprint density at radius 2 is 2.05 bits per heavy atom. The van der Waals surface area contributed by atoms with Gasteiger partial charge >= 0.3 is 0 Å². The number of fused-ring (bicyclic) bond motifs is 1. The lowest BCUT2D eigenvalue weighted by Crippen LogP contribution is -2.00. The second-order valence-electron chi connectivity index (χ2n) is 4.83. The van der Waals surface area contributed by atoms with Crippen LogP contribution in [0, 0.1) is 0 Å². The zero-order valence-electron chi connectivity index (χ0n) is 11.3. The Morgan fingerprint density at radius 1 is 1.24 bits per heavy atom. The first-order chi connectivity index (χ1) is 10.1. The van der Waals surface area contributed by atoms with E-state index in [-0.39, 0.29) is 5.38 Å². The highest BCUT2D eigenvalue weighted by Crippen LogP contribution is 2.44. The molecule has 0 saturated heterocycles. The standard InChI is InChI=1S/C16H13BrCl2O2/c1-20-14-3-2-11(18)8-12(14)15(19)13-7-10(17)6-9-4-5-21-16(9)13/h2-3,6-8,15H,4-5H2,1H3. The maximum atomic E-state index is 6.70. The van der Waals surface area contributed by atoms with Gasteiger partial charge < -0.3 is 9.47 Å². The lowest BCUT2D eigenvalue weighted by Gasteiger charge is -2.17. The quantitative estimate of drug-likeness (QED) is 0.658. The van der Waals surface area contributed by atoms with Crippen molar-refractivity contribution >= 4 is 39.1 Å². The van der Waals surface area contributed by atoms with Gasteiger partial charge in [-0.15, -0.1) is 11.6 Å². The Balaban J connectivity index is 2.11. The van der Waals surface area contributed by atoms with E-state index in [4.69, 9.17) is 32.7 Å². The first-order valence-electron chi connectivity index (χ1n) is 6.52. The third-order valence-corrected chi connectivity index (χ3v) is 4.68. The maximum Gasteiger partial charge on any atom is 0.127 e. The largest absolute Gasteiger partial charge is 0.496 e. The predicted molar refractivity (Wildman–Crippen MR) is 89.0 cm³/mol. The summed E-state index contributed by atoms with van der Waals surface area (Å²) in [4.78, 5) is 0. The van der Waals surface area contributed by atoms with E-state index in [1.54, 1.807) is 13.2 Å². The first kappa shape index (κ1) is 15.0. The molecule has 0 bridgehead atoms. The monoisotopic (exact) mass is 386 g/mol. The van der Waals surface area contributed by atoms with Crippen molar-refractivity contribution in [2.75, 3.05) is 13.7 Å². The molecule has 5 heteroatoms. The summed E-state index contributed by atoms with van der Waals surface area (Å²) in [6, 6.07) is 9.51. The molecule has 0 saturated carbocycles. The van der Waals surface area contributed by atoms with Gasteiger partial charge in [0.2, 0.25) is 0 Å². The number of halogens is 3. The van der Waals surface area contributed by atoms with Crippen LogP contribution in [0.2, 0.25) is 5.02 Å². The van der Waals surface area contributed by atoms with Crippen molar-refractivity contribution < 1.29 is 9.47 Å². The molecule has 0 aromatic heterocycles. The molecule has 2 nitrogen and oxygen atoms in total. The van der Waals surface area contributed by atoms with Crippen molar-refractivity contribution in [2.45, 2.75) is 11.8 Å². The molecule has 1 aliphatic rings. The molecule has 0 radical (unpaired) electrons. The van der Waals surface area contributed by atoms with E-state index in [1.807, 2.05) is 18.2 Å². The molecule has 2 aromatic rings. The number of rotatable bonds is 3. The van der Waals surface area contributed by atoms with Gasteiger partial charge in [0.1, 0.15) is 11.5 Å². The summed E-state index contributed by atoms with van der Waals surface area (Å²) >= 11 is 16.3. The molecule has 1 aliphatic heterocycles. The summed E-state index contributed by atoms with van der Waals surface area (Å²) in [5.74, 6) is 1.59. The van der Waals surface area contributed by atoms with Crippen molar-refractivity contribution in [2.24, 2.45) is 0 Å². The third kappa shape index (κ3) is 2.87. The van der Waals surface area contributed by atoms with Gasteiger partial charge in [0.15, 0.2) is 0 Å². The molecule has 0 aliphatic carbocycles. The average Bonchev–Trinajstić information content (AvgIpc) is 2.93. The normalized spacial score (nSPS) is 14.5. The molecule has 21 heavy (non-hydrogen) atoms. The Morgan fingerprint density at radius 3 is 2.81 bits per heavy atom. The van der Waals surface area contributed by atoms with Crippen LogP contribution in [0.1, 0.15) is 22.1 Å². The highest BCUT2D eigenvalue weighted by molar-refractivity contribution is 9.10. The zero-order valence-corrected chi connectivity index (χ0v) is 14.4. The van der Waals surface area contributed by atoms with Crippen molar-refractivity contribution in [1.82, 2.24) is 0 Å². The minimum Gasteiger partial charge on any atom is -0.496 e. The number of alkyl halides is 1. The summed E-state index contributed by atoms with van der Waals surface area (Å²) < 4.78 is 12.1. The van der Waals surface area contributed by atoms with Crippen LogP contribution in [0.3, 0.4) is 0 Å². The summed E-state index contributed by atoms with van der Waals surface area (Å²) in [6.45, 7) is 0.690. The van der Waals surface area contributed by atoms with Crippen LogP contribution in [0.5, 0.6) is 11.5 Å². The molecule has 110 valence electrons. The van der Waals surface area contributed by atoms with E-state index >= 15 is 0 Å². The Kier molecular flexibility index (Phi) is 4.34. The first-order valence-corrected chi connectivity index (χ1v) is 8.13. The van der Waals surface area contributed by atoms with Gasteiger partial charge in [-0.25, -0.2) is 0 Å². The van der Waals surface area contributed by atoms with Gasteiger partial charge in [-0.1, -0.05) is 27.5 Å². The number of hydrogen-bond acceptors (Lipinski definition) is 2. The highest BCUT2D eigenvalue weighted by atomic mass is 79.9. The Hall–Kier alpha value is -0.900. The van der Waals surface area contributed by atoms with Gasteiger partial charge in [-0.2, -0.15) is 0 Å². The molecule has 0 spiro atoms. The molecule has 0 fully saturated rings. The Labute approximate surface area is 142 Å². The molecule has 3 rings (SSSR count). The van der Waals surface area contributed by atoms with Crippen LogP contribution >= 0.6 is 39.1 Å². The fourth-order valence-electron chi connectivity index (χ4n) is 2.56. The third-order valence-electron chi connectivity index (χ3n) is 3.51.